The zero-order valence-corrected chi connectivity index (χ0v) is 16.0. The maximum absolute atomic E-state index is 12.3. The second-order valence-electron chi connectivity index (χ2n) is 7.09. The van der Waals surface area contributed by atoms with Crippen molar-refractivity contribution >= 4 is 22.9 Å². The smallest absolute Gasteiger partial charge is 0.222 e. The normalized spacial score (nSPS) is 15.0. The van der Waals surface area contributed by atoms with E-state index in [0.717, 1.165) is 49.6 Å². The molecule has 3 rings (SSSR count). The Bertz CT molecular complexity index is 722. The van der Waals surface area contributed by atoms with Crippen molar-refractivity contribution in [1.82, 2.24) is 14.9 Å². The lowest BCUT2D eigenvalue weighted by Gasteiger charge is -2.34. The number of nitrogens with zero attached hydrogens (tertiary/aromatic N) is 3. The third kappa shape index (κ3) is 3.86. The number of piperazine rings is 1. The van der Waals surface area contributed by atoms with Gasteiger partial charge in [-0.1, -0.05) is 13.8 Å². The number of ether oxygens (including phenoxy) is 2. The van der Waals surface area contributed by atoms with Crippen molar-refractivity contribution in [1.29, 1.82) is 0 Å². The highest BCUT2D eigenvalue weighted by atomic mass is 16.5. The molecule has 26 heavy (non-hydrogen) atoms. The summed E-state index contributed by atoms with van der Waals surface area (Å²) in [5.41, 5.74) is 1.75. The standard InChI is InChI=1S/C19H28N4O3/c1-13(2)5-6-18(24)22-7-9-23(10-8-22)19-20-14-11-16(25-3)17(26-4)12-15(14)21-19/h11-13H,5-10H2,1-4H3,(H,20,21). The van der Waals surface area contributed by atoms with Crippen molar-refractivity contribution in [2.24, 2.45) is 5.92 Å². The second-order valence-corrected chi connectivity index (χ2v) is 7.09. The Balaban J connectivity index is 1.66. The number of carbonyl (C=O) groups is 1. The van der Waals surface area contributed by atoms with Gasteiger partial charge in [0.1, 0.15) is 0 Å². The Hall–Kier alpha value is -2.44. The van der Waals surface area contributed by atoms with Gasteiger partial charge in [-0.05, 0) is 12.3 Å². The van der Waals surface area contributed by atoms with Gasteiger partial charge in [0.15, 0.2) is 11.5 Å². The molecule has 1 aromatic carbocycles. The minimum absolute atomic E-state index is 0.262. The summed E-state index contributed by atoms with van der Waals surface area (Å²) < 4.78 is 10.7. The molecule has 0 unspecified atom stereocenters. The van der Waals surface area contributed by atoms with Crippen molar-refractivity contribution in [3.8, 4) is 11.5 Å². The molecule has 1 fully saturated rings. The van der Waals surface area contributed by atoms with Crippen molar-refractivity contribution in [2.75, 3.05) is 45.3 Å². The maximum atomic E-state index is 12.3. The number of hydrogen-bond donors (Lipinski definition) is 1. The molecule has 7 nitrogen and oxygen atoms in total. The summed E-state index contributed by atoms with van der Waals surface area (Å²) in [7, 11) is 3.24. The van der Waals surface area contributed by atoms with E-state index in [-0.39, 0.29) is 5.91 Å². The van der Waals surface area contributed by atoms with E-state index in [1.54, 1.807) is 14.2 Å². The highest BCUT2D eigenvalue weighted by molar-refractivity contribution is 5.82. The monoisotopic (exact) mass is 360 g/mol. The molecule has 1 amide bonds. The van der Waals surface area contributed by atoms with Crippen LogP contribution in [0.1, 0.15) is 26.7 Å². The number of benzene rings is 1. The van der Waals surface area contributed by atoms with E-state index >= 15 is 0 Å². The zero-order chi connectivity index (χ0) is 18.7. The van der Waals surface area contributed by atoms with Crippen LogP contribution < -0.4 is 14.4 Å². The number of aromatic amines is 1. The SMILES string of the molecule is COc1cc2nc(N3CCN(C(=O)CCC(C)C)CC3)[nH]c2cc1OC. The predicted octanol–water partition coefficient (Wildman–Crippen LogP) is 2.66. The number of anilines is 1. The molecule has 1 aliphatic heterocycles. The highest BCUT2D eigenvalue weighted by Crippen LogP contribution is 2.32. The molecular formula is C19H28N4O3. The minimum Gasteiger partial charge on any atom is -0.493 e. The van der Waals surface area contributed by atoms with Gasteiger partial charge in [0.05, 0.1) is 25.3 Å². The van der Waals surface area contributed by atoms with Crippen LogP contribution in [0.25, 0.3) is 11.0 Å². The molecule has 0 spiro atoms. The molecule has 0 atom stereocenters. The van der Waals surface area contributed by atoms with Crippen LogP contribution in [0.4, 0.5) is 5.95 Å². The van der Waals surface area contributed by atoms with Crippen LogP contribution in [0.2, 0.25) is 0 Å². The van der Waals surface area contributed by atoms with Crippen LogP contribution in [0.3, 0.4) is 0 Å². The molecule has 7 heteroatoms. The first-order valence-electron chi connectivity index (χ1n) is 9.16. The van der Waals surface area contributed by atoms with E-state index in [0.29, 0.717) is 23.8 Å². The Morgan fingerprint density at radius 1 is 1.15 bits per heavy atom. The second kappa shape index (κ2) is 7.85. The van der Waals surface area contributed by atoms with Crippen LogP contribution in [0, 0.1) is 5.92 Å². The van der Waals surface area contributed by atoms with Crippen molar-refractivity contribution < 1.29 is 14.3 Å². The van der Waals surface area contributed by atoms with Gasteiger partial charge in [-0.2, -0.15) is 0 Å². The molecular weight excluding hydrogens is 332 g/mol. The minimum atomic E-state index is 0.262. The number of nitrogens with one attached hydrogen (secondary N) is 1. The number of amides is 1. The van der Waals surface area contributed by atoms with Gasteiger partial charge in [-0.15, -0.1) is 0 Å². The molecule has 2 heterocycles. The zero-order valence-electron chi connectivity index (χ0n) is 16.0. The van der Waals surface area contributed by atoms with Gasteiger partial charge in [-0.3, -0.25) is 4.79 Å². The van der Waals surface area contributed by atoms with E-state index in [1.807, 2.05) is 17.0 Å². The maximum Gasteiger partial charge on any atom is 0.222 e. The van der Waals surface area contributed by atoms with E-state index < -0.39 is 0 Å². The van der Waals surface area contributed by atoms with Gasteiger partial charge in [0.25, 0.3) is 0 Å². The molecule has 1 N–H and O–H groups in total. The van der Waals surface area contributed by atoms with Crippen molar-refractivity contribution in [3.05, 3.63) is 12.1 Å². The average molecular weight is 360 g/mol. The van der Waals surface area contributed by atoms with Crippen molar-refractivity contribution in [3.63, 3.8) is 0 Å². The number of rotatable bonds is 6. The lowest BCUT2D eigenvalue weighted by atomic mass is 10.1. The van der Waals surface area contributed by atoms with Gasteiger partial charge >= 0.3 is 0 Å². The molecule has 0 radical (unpaired) electrons. The first kappa shape index (κ1) is 18.4. The fourth-order valence-electron chi connectivity index (χ4n) is 3.21. The van der Waals surface area contributed by atoms with E-state index in [1.165, 1.54) is 0 Å². The van der Waals surface area contributed by atoms with Gasteiger partial charge < -0.3 is 24.3 Å². The third-order valence-corrected chi connectivity index (χ3v) is 4.84. The Morgan fingerprint density at radius 2 is 1.81 bits per heavy atom. The number of imidazole rings is 1. The fourth-order valence-corrected chi connectivity index (χ4v) is 3.21. The van der Waals surface area contributed by atoms with Crippen LogP contribution >= 0.6 is 0 Å². The van der Waals surface area contributed by atoms with Crippen LogP contribution in [-0.2, 0) is 4.79 Å². The van der Waals surface area contributed by atoms with Gasteiger partial charge in [0, 0.05) is 44.7 Å². The third-order valence-electron chi connectivity index (χ3n) is 4.84. The average Bonchev–Trinajstić information content (AvgIpc) is 3.07. The Labute approximate surface area is 154 Å². The first-order valence-corrected chi connectivity index (χ1v) is 9.16. The molecule has 142 valence electrons. The van der Waals surface area contributed by atoms with Crippen LogP contribution in [0.15, 0.2) is 12.1 Å². The van der Waals surface area contributed by atoms with E-state index in [4.69, 9.17) is 9.47 Å². The molecule has 1 saturated heterocycles. The molecule has 1 aromatic heterocycles. The quantitative estimate of drug-likeness (QED) is 0.858. The summed E-state index contributed by atoms with van der Waals surface area (Å²) in [6, 6.07) is 3.77. The summed E-state index contributed by atoms with van der Waals surface area (Å²) in [6.45, 7) is 7.33. The van der Waals surface area contributed by atoms with Crippen LogP contribution in [0.5, 0.6) is 11.5 Å². The van der Waals surface area contributed by atoms with Crippen LogP contribution in [-0.4, -0.2) is 61.2 Å². The highest BCUT2D eigenvalue weighted by Gasteiger charge is 2.23. The molecule has 0 aliphatic carbocycles. The topological polar surface area (TPSA) is 70.7 Å². The number of H-pyrrole nitrogens is 1. The summed E-state index contributed by atoms with van der Waals surface area (Å²) in [6.07, 6.45) is 1.59. The number of aromatic nitrogens is 2. The molecule has 1 aliphatic rings. The summed E-state index contributed by atoms with van der Waals surface area (Å²) in [5.74, 6) is 2.99. The lowest BCUT2D eigenvalue weighted by molar-refractivity contribution is -0.131. The fraction of sp³-hybridized carbons (Fsp3) is 0.579. The van der Waals surface area contributed by atoms with Gasteiger partial charge in [-0.25, -0.2) is 4.98 Å². The molecule has 2 aromatic rings. The Kier molecular flexibility index (Phi) is 5.54. The van der Waals surface area contributed by atoms with E-state index in [9.17, 15) is 4.79 Å². The first-order chi connectivity index (χ1) is 12.5. The largest absolute Gasteiger partial charge is 0.493 e. The number of carbonyl (C=O) groups excluding carboxylic acids is 1. The summed E-state index contributed by atoms with van der Waals surface area (Å²) in [5, 5.41) is 0. The lowest BCUT2D eigenvalue weighted by Crippen LogP contribution is -2.49. The number of methoxy groups -OCH3 is 2. The number of hydrogen-bond acceptors (Lipinski definition) is 5. The molecule has 0 saturated carbocycles. The van der Waals surface area contributed by atoms with Gasteiger partial charge in [0.2, 0.25) is 11.9 Å². The summed E-state index contributed by atoms with van der Waals surface area (Å²) in [4.78, 5) is 24.5. The van der Waals surface area contributed by atoms with Crippen molar-refractivity contribution in [2.45, 2.75) is 26.7 Å². The van der Waals surface area contributed by atoms with E-state index in [2.05, 4.69) is 28.7 Å². The Morgan fingerprint density at radius 3 is 2.42 bits per heavy atom. The summed E-state index contributed by atoms with van der Waals surface area (Å²) >= 11 is 0. The molecule has 0 bridgehead atoms. The predicted molar refractivity (Wildman–Crippen MR) is 102 cm³/mol. The number of fused-ring (bicyclic) bond motifs is 1.